The second kappa shape index (κ2) is 5.84. The summed E-state index contributed by atoms with van der Waals surface area (Å²) >= 11 is 1.78. The molecule has 2 aromatic rings. The lowest BCUT2D eigenvalue weighted by Gasteiger charge is -2.13. The van der Waals surface area contributed by atoms with Gasteiger partial charge in [0.15, 0.2) is 0 Å². The normalized spacial score (nSPS) is 12.9. The molecule has 2 aromatic heterocycles. The van der Waals surface area contributed by atoms with E-state index in [1.54, 1.807) is 11.3 Å². The number of nitrogens with one attached hydrogen (secondary N) is 1. The van der Waals surface area contributed by atoms with E-state index in [4.69, 9.17) is 4.98 Å². The topological polar surface area (TPSA) is 42.7 Å². The van der Waals surface area contributed by atoms with E-state index in [0.717, 1.165) is 23.5 Å². The van der Waals surface area contributed by atoms with E-state index >= 15 is 0 Å². The molecule has 0 saturated heterocycles. The third-order valence-electron chi connectivity index (χ3n) is 3.36. The lowest BCUT2D eigenvalue weighted by Crippen LogP contribution is -2.18. The highest BCUT2D eigenvalue weighted by molar-refractivity contribution is 7.11. The number of aryl methyl sites for hydroxylation is 4. The standard InChI is InChI=1S/C14H22N4S/c1-6-11-9(3)19-14(16-11)13(15-4)10-8-18(5)17-12(10)7-2/h8,13,15H,6-7H2,1-5H3. The lowest BCUT2D eigenvalue weighted by atomic mass is 10.1. The molecule has 0 spiro atoms. The molecule has 1 unspecified atom stereocenters. The molecule has 2 heterocycles. The fraction of sp³-hybridized carbons (Fsp3) is 0.571. The summed E-state index contributed by atoms with van der Waals surface area (Å²) in [5.41, 5.74) is 3.60. The van der Waals surface area contributed by atoms with Crippen LogP contribution in [0.1, 0.15) is 46.7 Å². The van der Waals surface area contributed by atoms with E-state index in [1.807, 2.05) is 18.8 Å². The summed E-state index contributed by atoms with van der Waals surface area (Å²) in [5.74, 6) is 0. The molecule has 0 bridgehead atoms. The molecule has 1 N–H and O–H groups in total. The van der Waals surface area contributed by atoms with E-state index in [2.05, 4.69) is 37.4 Å². The third kappa shape index (κ3) is 2.72. The molecule has 0 aliphatic carbocycles. The Morgan fingerprint density at radius 1 is 1.32 bits per heavy atom. The highest BCUT2D eigenvalue weighted by atomic mass is 32.1. The van der Waals surface area contributed by atoms with Crippen molar-refractivity contribution in [3.05, 3.63) is 33.0 Å². The summed E-state index contributed by atoms with van der Waals surface area (Å²) in [4.78, 5) is 6.10. The van der Waals surface area contributed by atoms with Gasteiger partial charge < -0.3 is 5.32 Å². The van der Waals surface area contributed by atoms with Gasteiger partial charge in [-0.1, -0.05) is 13.8 Å². The van der Waals surface area contributed by atoms with Crippen LogP contribution >= 0.6 is 11.3 Å². The first-order chi connectivity index (χ1) is 9.10. The Balaban J connectivity index is 2.43. The van der Waals surface area contributed by atoms with Gasteiger partial charge in [0.05, 0.1) is 17.4 Å². The highest BCUT2D eigenvalue weighted by Gasteiger charge is 2.22. The number of rotatable bonds is 5. The number of nitrogens with zero attached hydrogens (tertiary/aromatic N) is 3. The molecule has 0 aliphatic rings. The highest BCUT2D eigenvalue weighted by Crippen LogP contribution is 2.29. The molecule has 0 aromatic carbocycles. The summed E-state index contributed by atoms with van der Waals surface area (Å²) in [6.45, 7) is 6.45. The van der Waals surface area contributed by atoms with Crippen molar-refractivity contribution in [3.8, 4) is 0 Å². The first-order valence-corrected chi connectivity index (χ1v) is 7.58. The van der Waals surface area contributed by atoms with Crippen molar-refractivity contribution >= 4 is 11.3 Å². The van der Waals surface area contributed by atoms with Crippen molar-refractivity contribution in [1.82, 2.24) is 20.1 Å². The zero-order valence-electron chi connectivity index (χ0n) is 12.3. The molecule has 5 heteroatoms. The minimum atomic E-state index is 0.146. The maximum absolute atomic E-state index is 4.78. The molecule has 104 valence electrons. The maximum Gasteiger partial charge on any atom is 0.115 e. The maximum atomic E-state index is 4.78. The average Bonchev–Trinajstić information content (AvgIpc) is 2.94. The van der Waals surface area contributed by atoms with E-state index in [1.165, 1.54) is 16.1 Å². The molecule has 19 heavy (non-hydrogen) atoms. The monoisotopic (exact) mass is 278 g/mol. The smallest absolute Gasteiger partial charge is 0.115 e. The molecule has 0 amide bonds. The zero-order valence-corrected chi connectivity index (χ0v) is 13.1. The van der Waals surface area contributed by atoms with Crippen molar-refractivity contribution in [2.75, 3.05) is 7.05 Å². The first-order valence-electron chi connectivity index (χ1n) is 6.76. The van der Waals surface area contributed by atoms with Crippen molar-refractivity contribution < 1.29 is 0 Å². The van der Waals surface area contributed by atoms with E-state index in [9.17, 15) is 0 Å². The van der Waals surface area contributed by atoms with Gasteiger partial charge in [0, 0.05) is 23.7 Å². The van der Waals surface area contributed by atoms with Crippen LogP contribution in [-0.4, -0.2) is 21.8 Å². The van der Waals surface area contributed by atoms with Crippen LogP contribution in [0.2, 0.25) is 0 Å². The van der Waals surface area contributed by atoms with E-state index in [0.29, 0.717) is 0 Å². The molecular formula is C14H22N4S. The first kappa shape index (κ1) is 14.2. The van der Waals surface area contributed by atoms with E-state index in [-0.39, 0.29) is 6.04 Å². The van der Waals surface area contributed by atoms with Crippen LogP contribution in [0, 0.1) is 6.92 Å². The van der Waals surface area contributed by atoms with Crippen LogP contribution in [0.4, 0.5) is 0 Å². The van der Waals surface area contributed by atoms with Gasteiger partial charge in [-0.15, -0.1) is 11.3 Å². The van der Waals surface area contributed by atoms with Gasteiger partial charge >= 0.3 is 0 Å². The van der Waals surface area contributed by atoms with Crippen molar-refractivity contribution in [2.24, 2.45) is 7.05 Å². The molecule has 0 radical (unpaired) electrons. The van der Waals surface area contributed by atoms with Gasteiger partial charge in [0.2, 0.25) is 0 Å². The van der Waals surface area contributed by atoms with Crippen LogP contribution < -0.4 is 5.32 Å². The fourth-order valence-electron chi connectivity index (χ4n) is 2.38. The van der Waals surface area contributed by atoms with Crippen molar-refractivity contribution in [2.45, 2.75) is 39.7 Å². The van der Waals surface area contributed by atoms with Gasteiger partial charge in [-0.25, -0.2) is 4.98 Å². The van der Waals surface area contributed by atoms with Crippen LogP contribution in [0.3, 0.4) is 0 Å². The van der Waals surface area contributed by atoms with Gasteiger partial charge in [-0.3, -0.25) is 4.68 Å². The van der Waals surface area contributed by atoms with Gasteiger partial charge in [0.1, 0.15) is 5.01 Å². The van der Waals surface area contributed by atoms with Gasteiger partial charge in [0.25, 0.3) is 0 Å². The van der Waals surface area contributed by atoms with Crippen LogP contribution in [0.15, 0.2) is 6.20 Å². The van der Waals surface area contributed by atoms with Crippen molar-refractivity contribution in [1.29, 1.82) is 0 Å². The second-order valence-corrected chi connectivity index (χ2v) is 5.92. The van der Waals surface area contributed by atoms with E-state index < -0.39 is 0 Å². The summed E-state index contributed by atoms with van der Waals surface area (Å²) in [5, 5.41) is 9.05. The summed E-state index contributed by atoms with van der Waals surface area (Å²) in [7, 11) is 3.96. The number of hydrogen-bond donors (Lipinski definition) is 1. The minimum Gasteiger partial charge on any atom is -0.307 e. The Kier molecular flexibility index (Phi) is 4.37. The Bertz CT molecular complexity index is 556. The minimum absolute atomic E-state index is 0.146. The fourth-order valence-corrected chi connectivity index (χ4v) is 3.52. The predicted molar refractivity (Wildman–Crippen MR) is 79.7 cm³/mol. The number of aromatic nitrogens is 3. The summed E-state index contributed by atoms with van der Waals surface area (Å²) in [6, 6.07) is 0.146. The lowest BCUT2D eigenvalue weighted by molar-refractivity contribution is 0.676. The Morgan fingerprint density at radius 2 is 2.00 bits per heavy atom. The molecular weight excluding hydrogens is 256 g/mol. The molecule has 2 rings (SSSR count). The Morgan fingerprint density at radius 3 is 2.53 bits per heavy atom. The van der Waals surface area contributed by atoms with Gasteiger partial charge in [-0.05, 0) is 26.8 Å². The summed E-state index contributed by atoms with van der Waals surface area (Å²) in [6.07, 6.45) is 4.04. The molecule has 0 fully saturated rings. The Hall–Kier alpha value is -1.20. The third-order valence-corrected chi connectivity index (χ3v) is 4.44. The SMILES string of the molecule is CCc1nn(C)cc1C(NC)c1nc(CC)c(C)s1. The molecule has 1 atom stereocenters. The van der Waals surface area contributed by atoms with Crippen LogP contribution in [-0.2, 0) is 19.9 Å². The molecule has 0 saturated carbocycles. The quantitative estimate of drug-likeness (QED) is 0.914. The number of thiazole rings is 1. The van der Waals surface area contributed by atoms with Gasteiger partial charge in [-0.2, -0.15) is 5.10 Å². The molecule has 0 aliphatic heterocycles. The molecule has 4 nitrogen and oxygen atoms in total. The van der Waals surface area contributed by atoms with Crippen molar-refractivity contribution in [3.63, 3.8) is 0 Å². The summed E-state index contributed by atoms with van der Waals surface area (Å²) < 4.78 is 1.89. The average molecular weight is 278 g/mol. The number of hydrogen-bond acceptors (Lipinski definition) is 4. The second-order valence-electron chi connectivity index (χ2n) is 4.69. The van der Waals surface area contributed by atoms with Crippen LogP contribution in [0.5, 0.6) is 0 Å². The largest absolute Gasteiger partial charge is 0.307 e. The zero-order chi connectivity index (χ0) is 14.0. The van der Waals surface area contributed by atoms with Crippen LogP contribution in [0.25, 0.3) is 0 Å². The predicted octanol–water partition coefficient (Wildman–Crippen LogP) is 2.62. The Labute approximate surface area is 118 Å².